The minimum atomic E-state index is -0.322. The summed E-state index contributed by atoms with van der Waals surface area (Å²) < 4.78 is 15.1. The van der Waals surface area contributed by atoms with Gasteiger partial charge in [-0.1, -0.05) is 42.5 Å². The number of nitrogens with zero attached hydrogens (tertiary/aromatic N) is 4. The zero-order chi connectivity index (χ0) is 23.5. The third kappa shape index (κ3) is 5.02. The smallest absolute Gasteiger partial charge is 0.272 e. The molecule has 1 aromatic heterocycles. The zero-order valence-corrected chi connectivity index (χ0v) is 19.0. The molecule has 1 fully saturated rings. The minimum absolute atomic E-state index is 0.0958. The van der Waals surface area contributed by atoms with Gasteiger partial charge < -0.3 is 10.2 Å². The Morgan fingerprint density at radius 2 is 1.71 bits per heavy atom. The molecule has 0 unspecified atom stereocenters. The summed E-state index contributed by atoms with van der Waals surface area (Å²) in [6.45, 7) is 4.06. The van der Waals surface area contributed by atoms with Crippen molar-refractivity contribution in [2.75, 3.05) is 19.6 Å². The van der Waals surface area contributed by atoms with Crippen molar-refractivity contribution >= 4 is 11.8 Å². The van der Waals surface area contributed by atoms with Gasteiger partial charge in [0.1, 0.15) is 11.5 Å². The second kappa shape index (κ2) is 9.77. The highest BCUT2D eigenvalue weighted by atomic mass is 19.1. The van der Waals surface area contributed by atoms with Crippen LogP contribution < -0.4 is 5.32 Å². The Morgan fingerprint density at radius 3 is 2.47 bits per heavy atom. The van der Waals surface area contributed by atoms with E-state index >= 15 is 0 Å². The maximum absolute atomic E-state index is 13.5. The van der Waals surface area contributed by atoms with Gasteiger partial charge in [-0.2, -0.15) is 5.10 Å². The molecule has 1 N–H and O–H groups in total. The molecule has 3 aromatic rings. The van der Waals surface area contributed by atoms with E-state index in [0.717, 1.165) is 38.0 Å². The Morgan fingerprint density at radius 1 is 0.941 bits per heavy atom. The highest BCUT2D eigenvalue weighted by Crippen LogP contribution is 2.18. The molecule has 0 saturated carbocycles. The van der Waals surface area contributed by atoms with Crippen LogP contribution in [0.2, 0.25) is 0 Å². The third-order valence-corrected chi connectivity index (χ3v) is 6.53. The first kappa shape index (κ1) is 22.3. The van der Waals surface area contributed by atoms with Crippen molar-refractivity contribution in [3.05, 3.63) is 89.0 Å². The van der Waals surface area contributed by atoms with Gasteiger partial charge in [0.2, 0.25) is 0 Å². The Labute approximate surface area is 198 Å². The molecule has 2 aromatic carbocycles. The van der Waals surface area contributed by atoms with Gasteiger partial charge in [0, 0.05) is 44.8 Å². The van der Waals surface area contributed by atoms with Crippen molar-refractivity contribution < 1.29 is 14.0 Å². The summed E-state index contributed by atoms with van der Waals surface area (Å²) >= 11 is 0. The van der Waals surface area contributed by atoms with Crippen molar-refractivity contribution in [3.8, 4) is 0 Å². The second-order valence-corrected chi connectivity index (χ2v) is 9.00. The largest absolute Gasteiger partial charge is 0.348 e. The molecule has 1 saturated heterocycles. The molecule has 0 spiro atoms. The number of fused-ring (bicyclic) bond motifs is 1. The van der Waals surface area contributed by atoms with Crippen LogP contribution in [0.4, 0.5) is 4.39 Å². The summed E-state index contributed by atoms with van der Waals surface area (Å²) in [4.78, 5) is 29.9. The van der Waals surface area contributed by atoms with Crippen LogP contribution in [0.1, 0.15) is 44.9 Å². The minimum Gasteiger partial charge on any atom is -0.348 e. The van der Waals surface area contributed by atoms with Crippen LogP contribution in [-0.2, 0) is 19.6 Å². The quantitative estimate of drug-likeness (QED) is 0.613. The summed E-state index contributed by atoms with van der Waals surface area (Å²) in [7, 11) is 0. The van der Waals surface area contributed by atoms with Gasteiger partial charge in [-0.15, -0.1) is 0 Å². The van der Waals surface area contributed by atoms with E-state index < -0.39 is 0 Å². The average Bonchev–Trinajstić information content (AvgIpc) is 3.28. The Bertz CT molecular complexity index is 1170. The van der Waals surface area contributed by atoms with Crippen LogP contribution in [0, 0.1) is 5.82 Å². The van der Waals surface area contributed by atoms with Crippen LogP contribution in [0.5, 0.6) is 0 Å². The number of benzene rings is 2. The predicted molar refractivity (Wildman–Crippen MR) is 126 cm³/mol. The summed E-state index contributed by atoms with van der Waals surface area (Å²) in [5, 5.41) is 7.47. The SMILES string of the molecule is O=C(NC1CCN(Cc2ccccc2)CC1)c1cc2n(n1)CCN(Cc1cccc(F)c1)C2=O. The van der Waals surface area contributed by atoms with Gasteiger partial charge in [0.25, 0.3) is 11.8 Å². The van der Waals surface area contributed by atoms with E-state index in [1.54, 1.807) is 27.8 Å². The molecular formula is C26H28FN5O2. The maximum atomic E-state index is 13.5. The molecule has 2 amide bonds. The number of aromatic nitrogens is 2. The number of nitrogens with one attached hydrogen (secondary N) is 1. The molecule has 5 rings (SSSR count). The lowest BCUT2D eigenvalue weighted by molar-refractivity contribution is 0.0682. The molecule has 0 atom stereocenters. The standard InChI is InChI=1S/C26H28FN5O2/c27-21-8-4-7-20(15-21)18-31-13-14-32-24(26(31)34)16-23(29-32)25(33)28-22-9-11-30(12-10-22)17-19-5-2-1-3-6-19/h1-8,15-16,22H,9-14,17-18H2,(H,28,33). The van der Waals surface area contributed by atoms with Crippen molar-refractivity contribution in [1.82, 2.24) is 24.9 Å². The topological polar surface area (TPSA) is 70.5 Å². The fourth-order valence-corrected chi connectivity index (χ4v) is 4.69. The first-order chi connectivity index (χ1) is 16.5. The Kier molecular flexibility index (Phi) is 6.40. The first-order valence-corrected chi connectivity index (χ1v) is 11.7. The van der Waals surface area contributed by atoms with Crippen molar-refractivity contribution in [3.63, 3.8) is 0 Å². The van der Waals surface area contributed by atoms with Crippen LogP contribution in [-0.4, -0.2) is 57.1 Å². The number of carbonyl (C=O) groups excluding carboxylic acids is 2. The normalized spacial score (nSPS) is 17.0. The molecule has 0 radical (unpaired) electrons. The van der Waals surface area contributed by atoms with E-state index in [1.165, 1.54) is 17.7 Å². The average molecular weight is 462 g/mol. The van der Waals surface area contributed by atoms with E-state index in [4.69, 9.17) is 0 Å². The van der Waals surface area contributed by atoms with Crippen molar-refractivity contribution in [2.45, 2.75) is 38.5 Å². The first-order valence-electron chi connectivity index (χ1n) is 11.7. The molecule has 7 nitrogen and oxygen atoms in total. The van der Waals surface area contributed by atoms with Crippen LogP contribution in [0.3, 0.4) is 0 Å². The van der Waals surface area contributed by atoms with Crippen LogP contribution in [0.25, 0.3) is 0 Å². The lowest BCUT2D eigenvalue weighted by atomic mass is 10.0. The van der Waals surface area contributed by atoms with Gasteiger partial charge in [-0.25, -0.2) is 4.39 Å². The molecular weight excluding hydrogens is 433 g/mol. The van der Waals surface area contributed by atoms with Crippen molar-refractivity contribution in [2.24, 2.45) is 0 Å². The fraction of sp³-hybridized carbons (Fsp3) is 0.346. The summed E-state index contributed by atoms with van der Waals surface area (Å²) in [6, 6.07) is 18.3. The fourth-order valence-electron chi connectivity index (χ4n) is 4.69. The molecule has 34 heavy (non-hydrogen) atoms. The number of piperidine rings is 1. The monoisotopic (exact) mass is 461 g/mol. The molecule has 0 bridgehead atoms. The molecule has 8 heteroatoms. The van der Waals surface area contributed by atoms with Gasteiger partial charge in [-0.3, -0.25) is 19.2 Å². The Balaban J connectivity index is 1.16. The predicted octanol–water partition coefficient (Wildman–Crippen LogP) is 3.07. The molecule has 0 aliphatic carbocycles. The third-order valence-electron chi connectivity index (χ3n) is 6.53. The molecule has 3 heterocycles. The van der Waals surface area contributed by atoms with Gasteiger partial charge >= 0.3 is 0 Å². The van der Waals surface area contributed by atoms with Gasteiger partial charge in [0.15, 0.2) is 5.69 Å². The highest BCUT2D eigenvalue weighted by molar-refractivity contribution is 5.98. The Hall–Kier alpha value is -3.52. The highest BCUT2D eigenvalue weighted by Gasteiger charge is 2.29. The summed E-state index contributed by atoms with van der Waals surface area (Å²) in [6.07, 6.45) is 1.76. The zero-order valence-electron chi connectivity index (χ0n) is 19.0. The van der Waals surface area contributed by atoms with E-state index in [9.17, 15) is 14.0 Å². The summed E-state index contributed by atoms with van der Waals surface area (Å²) in [5.74, 6) is -0.763. The van der Waals surface area contributed by atoms with E-state index in [2.05, 4.69) is 39.6 Å². The number of carbonyl (C=O) groups is 2. The van der Waals surface area contributed by atoms with Gasteiger partial charge in [-0.05, 0) is 36.1 Å². The van der Waals surface area contributed by atoms with Crippen molar-refractivity contribution in [1.29, 1.82) is 0 Å². The van der Waals surface area contributed by atoms with Gasteiger partial charge in [0.05, 0.1) is 6.54 Å². The second-order valence-electron chi connectivity index (χ2n) is 9.00. The number of hydrogen-bond donors (Lipinski definition) is 1. The van der Waals surface area contributed by atoms with E-state index in [0.29, 0.717) is 25.3 Å². The molecule has 176 valence electrons. The lowest BCUT2D eigenvalue weighted by Crippen LogP contribution is -2.44. The van der Waals surface area contributed by atoms with Crippen LogP contribution in [0.15, 0.2) is 60.7 Å². The number of halogens is 1. The molecule has 2 aliphatic rings. The van der Waals surface area contributed by atoms with Crippen LogP contribution >= 0.6 is 0 Å². The number of amides is 2. The number of likely N-dealkylation sites (tertiary alicyclic amines) is 1. The number of hydrogen-bond acceptors (Lipinski definition) is 4. The molecule has 2 aliphatic heterocycles. The summed E-state index contributed by atoms with van der Waals surface area (Å²) in [5.41, 5.74) is 2.69. The lowest BCUT2D eigenvalue weighted by Gasteiger charge is -2.32. The van der Waals surface area contributed by atoms with E-state index in [-0.39, 0.29) is 29.4 Å². The van der Waals surface area contributed by atoms with E-state index in [1.807, 2.05) is 6.07 Å². The number of rotatable bonds is 6. The maximum Gasteiger partial charge on any atom is 0.272 e.